The van der Waals surface area contributed by atoms with Crippen LogP contribution in [0.15, 0.2) is 81.2 Å². The molecule has 160 valence electrons. The maximum Gasteiger partial charge on any atom is 0.270 e. The van der Waals surface area contributed by atoms with Gasteiger partial charge in [0.2, 0.25) is 0 Å². The summed E-state index contributed by atoms with van der Waals surface area (Å²) >= 11 is 9.22. The van der Waals surface area contributed by atoms with Crippen molar-refractivity contribution in [1.29, 1.82) is 0 Å². The molecule has 0 aromatic heterocycles. The zero-order valence-electron chi connectivity index (χ0n) is 16.0. The molecule has 3 rings (SSSR count). The zero-order valence-corrected chi connectivity index (χ0v) is 19.2. The van der Waals surface area contributed by atoms with Crippen LogP contribution in [0.4, 0.5) is 17.1 Å². The molecule has 8 nitrogen and oxygen atoms in total. The van der Waals surface area contributed by atoms with Crippen molar-refractivity contribution in [2.75, 3.05) is 10.1 Å². The number of benzene rings is 3. The Hall–Kier alpha value is -2.95. The summed E-state index contributed by atoms with van der Waals surface area (Å²) < 4.78 is 29.2. The number of nitrogens with zero attached hydrogens (tertiary/aromatic N) is 2. The minimum absolute atomic E-state index is 0.0846. The summed E-state index contributed by atoms with van der Waals surface area (Å²) in [7, 11) is -4.17. The predicted octanol–water partition coefficient (Wildman–Crippen LogP) is 5.65. The van der Waals surface area contributed by atoms with Crippen LogP contribution < -0.4 is 10.1 Å². The lowest BCUT2D eigenvalue weighted by Gasteiger charge is -2.12. The van der Waals surface area contributed by atoms with Gasteiger partial charge < -0.3 is 0 Å². The van der Waals surface area contributed by atoms with Crippen LogP contribution in [0.5, 0.6) is 0 Å². The van der Waals surface area contributed by atoms with E-state index in [2.05, 4.69) is 31.2 Å². The zero-order chi connectivity index (χ0) is 22.6. The molecule has 0 aliphatic rings. The second-order valence-electron chi connectivity index (χ2n) is 6.37. The minimum Gasteiger partial charge on any atom is -0.280 e. The summed E-state index contributed by atoms with van der Waals surface area (Å²) in [6, 6.07) is 16.9. The maximum absolute atomic E-state index is 13.0. The van der Waals surface area contributed by atoms with E-state index in [1.807, 2.05) is 24.3 Å². The minimum atomic E-state index is -4.17. The van der Waals surface area contributed by atoms with Crippen molar-refractivity contribution in [3.05, 3.63) is 91.9 Å². The van der Waals surface area contributed by atoms with E-state index >= 15 is 0 Å². The number of rotatable bonds is 7. The van der Waals surface area contributed by atoms with Crippen LogP contribution in [0.1, 0.15) is 12.5 Å². The standard InChI is InChI=1S/C20H16BrClN4O4S/c1-13(14-3-2-4-15(21)11-14)23-24-19-10-9-18(26(27)28)12-20(19)31(29,30)25-17-7-5-16(22)6-8-17/h2-12,24-25H,1H3/b23-13+. The van der Waals surface area contributed by atoms with Crippen LogP contribution in [0.3, 0.4) is 0 Å². The smallest absolute Gasteiger partial charge is 0.270 e. The van der Waals surface area contributed by atoms with Gasteiger partial charge in [0.1, 0.15) is 4.90 Å². The van der Waals surface area contributed by atoms with E-state index in [1.54, 1.807) is 6.92 Å². The van der Waals surface area contributed by atoms with E-state index < -0.39 is 14.9 Å². The van der Waals surface area contributed by atoms with Gasteiger partial charge in [-0.3, -0.25) is 20.3 Å². The molecule has 0 radical (unpaired) electrons. The first-order valence-electron chi connectivity index (χ1n) is 8.79. The Kier molecular flexibility index (Phi) is 6.94. The first-order chi connectivity index (χ1) is 14.7. The number of nitro benzene ring substituents is 1. The van der Waals surface area contributed by atoms with Gasteiger partial charge in [-0.05, 0) is 55.0 Å². The number of nitro groups is 1. The lowest BCUT2D eigenvalue weighted by atomic mass is 10.1. The number of hydrazone groups is 1. The van der Waals surface area contributed by atoms with Crippen molar-refractivity contribution < 1.29 is 13.3 Å². The summed E-state index contributed by atoms with van der Waals surface area (Å²) in [6.45, 7) is 1.75. The first-order valence-corrected chi connectivity index (χ1v) is 11.4. The van der Waals surface area contributed by atoms with Gasteiger partial charge in [0.05, 0.1) is 16.3 Å². The molecule has 0 fully saturated rings. The SMILES string of the molecule is C/C(=N\Nc1ccc([N+](=O)[O-])cc1S(=O)(=O)Nc1ccc(Cl)cc1)c1cccc(Br)c1. The normalized spacial score (nSPS) is 11.8. The Morgan fingerprint density at radius 2 is 1.81 bits per heavy atom. The number of hydrogen-bond acceptors (Lipinski definition) is 6. The lowest BCUT2D eigenvalue weighted by molar-refractivity contribution is -0.385. The van der Waals surface area contributed by atoms with Gasteiger partial charge in [-0.15, -0.1) is 0 Å². The molecule has 3 aromatic rings. The molecule has 0 bridgehead atoms. The van der Waals surface area contributed by atoms with E-state index in [0.29, 0.717) is 10.7 Å². The topological polar surface area (TPSA) is 114 Å². The molecule has 0 saturated carbocycles. The van der Waals surface area contributed by atoms with E-state index in [-0.39, 0.29) is 22.0 Å². The van der Waals surface area contributed by atoms with Crippen molar-refractivity contribution >= 4 is 60.3 Å². The number of sulfonamides is 1. The van der Waals surface area contributed by atoms with Gasteiger partial charge in [-0.1, -0.05) is 39.7 Å². The van der Waals surface area contributed by atoms with Gasteiger partial charge in [0, 0.05) is 27.3 Å². The monoisotopic (exact) mass is 522 g/mol. The fourth-order valence-corrected chi connectivity index (χ4v) is 4.35. The van der Waals surface area contributed by atoms with Crippen molar-refractivity contribution in [1.82, 2.24) is 0 Å². The van der Waals surface area contributed by atoms with Crippen molar-refractivity contribution in [3.63, 3.8) is 0 Å². The number of non-ortho nitro benzene ring substituents is 1. The number of halogens is 2. The Morgan fingerprint density at radius 3 is 2.45 bits per heavy atom. The predicted molar refractivity (Wildman–Crippen MR) is 125 cm³/mol. The van der Waals surface area contributed by atoms with Crippen LogP contribution in [0.2, 0.25) is 5.02 Å². The highest BCUT2D eigenvalue weighted by molar-refractivity contribution is 9.10. The summed E-state index contributed by atoms with van der Waals surface area (Å²) in [4.78, 5) is 10.2. The molecule has 31 heavy (non-hydrogen) atoms. The highest BCUT2D eigenvalue weighted by Gasteiger charge is 2.23. The lowest BCUT2D eigenvalue weighted by Crippen LogP contribution is -2.15. The van der Waals surface area contributed by atoms with Crippen LogP contribution in [-0.4, -0.2) is 19.1 Å². The fraction of sp³-hybridized carbons (Fsp3) is 0.0500. The molecule has 0 heterocycles. The summed E-state index contributed by atoms with van der Waals surface area (Å²) in [6.07, 6.45) is 0. The van der Waals surface area contributed by atoms with Crippen molar-refractivity contribution in [3.8, 4) is 0 Å². The van der Waals surface area contributed by atoms with E-state index in [9.17, 15) is 18.5 Å². The van der Waals surface area contributed by atoms with Crippen LogP contribution in [-0.2, 0) is 10.0 Å². The average Bonchev–Trinajstić information content (AvgIpc) is 2.73. The largest absolute Gasteiger partial charge is 0.280 e. The Labute approximate surface area is 192 Å². The van der Waals surface area contributed by atoms with Crippen molar-refractivity contribution in [2.45, 2.75) is 11.8 Å². The molecule has 3 aromatic carbocycles. The quantitative estimate of drug-likeness (QED) is 0.236. The summed E-state index contributed by atoms with van der Waals surface area (Å²) in [5, 5.41) is 15.9. The third-order valence-electron chi connectivity index (χ3n) is 4.15. The molecular weight excluding hydrogens is 508 g/mol. The molecular formula is C20H16BrClN4O4S. The second-order valence-corrected chi connectivity index (χ2v) is 9.37. The molecule has 0 atom stereocenters. The Balaban J connectivity index is 1.98. The van der Waals surface area contributed by atoms with Gasteiger partial charge in [-0.2, -0.15) is 5.10 Å². The number of nitrogens with one attached hydrogen (secondary N) is 2. The van der Waals surface area contributed by atoms with E-state index in [4.69, 9.17) is 11.6 Å². The molecule has 2 N–H and O–H groups in total. The molecule has 0 spiro atoms. The highest BCUT2D eigenvalue weighted by Crippen LogP contribution is 2.29. The van der Waals surface area contributed by atoms with Gasteiger partial charge in [-0.25, -0.2) is 8.42 Å². The summed E-state index contributed by atoms with van der Waals surface area (Å²) in [5.41, 5.74) is 4.09. The van der Waals surface area contributed by atoms with E-state index in [0.717, 1.165) is 16.1 Å². The molecule has 0 unspecified atom stereocenters. The molecule has 0 aliphatic heterocycles. The Bertz CT molecular complexity index is 1260. The molecule has 0 amide bonds. The molecule has 0 aliphatic carbocycles. The molecule has 11 heteroatoms. The van der Waals surface area contributed by atoms with Crippen LogP contribution in [0.25, 0.3) is 0 Å². The van der Waals surface area contributed by atoms with Gasteiger partial charge >= 0.3 is 0 Å². The van der Waals surface area contributed by atoms with Crippen LogP contribution >= 0.6 is 27.5 Å². The Morgan fingerprint density at radius 1 is 1.10 bits per heavy atom. The van der Waals surface area contributed by atoms with Crippen LogP contribution in [0, 0.1) is 10.1 Å². The van der Waals surface area contributed by atoms with E-state index in [1.165, 1.54) is 36.4 Å². The number of anilines is 2. The fourth-order valence-electron chi connectivity index (χ4n) is 2.59. The van der Waals surface area contributed by atoms with Gasteiger partial charge in [0.25, 0.3) is 15.7 Å². The third-order valence-corrected chi connectivity index (χ3v) is 6.31. The highest BCUT2D eigenvalue weighted by atomic mass is 79.9. The van der Waals surface area contributed by atoms with Gasteiger partial charge in [0.15, 0.2) is 0 Å². The second kappa shape index (κ2) is 9.46. The van der Waals surface area contributed by atoms with Crippen molar-refractivity contribution in [2.24, 2.45) is 5.10 Å². The maximum atomic E-state index is 13.0. The average molecular weight is 524 g/mol. The number of hydrogen-bond donors (Lipinski definition) is 2. The summed E-state index contributed by atoms with van der Waals surface area (Å²) in [5.74, 6) is 0. The third kappa shape index (κ3) is 5.81. The molecule has 0 saturated heterocycles. The first kappa shape index (κ1) is 22.7.